The van der Waals surface area contributed by atoms with Crippen molar-refractivity contribution in [2.24, 2.45) is 0 Å². The second-order valence-corrected chi connectivity index (χ2v) is 9.58. The standard InChI is InChI=1S/C24H23NO5S/c1-31(28,29)17-12-10-16(11-13-17)23(26)14-25-24(27)30-15-22-20-8-4-2-6-18(20)19-7-3-5-9-21(19)22/h2-13,22-23,26H,14-15H2,1H3,(H,25,27). The Kier molecular flexibility index (Phi) is 5.80. The smallest absolute Gasteiger partial charge is 0.407 e. The van der Waals surface area contributed by atoms with Gasteiger partial charge in [0.1, 0.15) is 6.61 Å². The lowest BCUT2D eigenvalue weighted by atomic mass is 9.98. The number of ether oxygens (including phenoxy) is 1. The van der Waals surface area contributed by atoms with Gasteiger partial charge in [-0.25, -0.2) is 13.2 Å². The van der Waals surface area contributed by atoms with Crippen LogP contribution in [0.25, 0.3) is 11.1 Å². The van der Waals surface area contributed by atoms with Crippen LogP contribution in [-0.4, -0.2) is 39.0 Å². The Bertz CT molecular complexity index is 1160. The summed E-state index contributed by atoms with van der Waals surface area (Å²) in [5.41, 5.74) is 5.07. The van der Waals surface area contributed by atoms with Crippen LogP contribution in [-0.2, 0) is 14.6 Å². The topological polar surface area (TPSA) is 92.7 Å². The summed E-state index contributed by atoms with van der Waals surface area (Å²) in [4.78, 5) is 12.4. The molecule has 4 rings (SSSR count). The molecule has 1 atom stereocenters. The molecule has 1 aliphatic carbocycles. The van der Waals surface area contributed by atoms with E-state index in [-0.39, 0.29) is 24.0 Å². The van der Waals surface area contributed by atoms with Crippen molar-refractivity contribution in [3.63, 3.8) is 0 Å². The molecule has 1 aliphatic rings. The molecule has 0 aromatic heterocycles. The third-order valence-corrected chi connectivity index (χ3v) is 6.60. The highest BCUT2D eigenvalue weighted by molar-refractivity contribution is 7.90. The molecule has 3 aromatic rings. The maximum atomic E-state index is 12.2. The molecular weight excluding hydrogens is 414 g/mol. The number of alkyl carbamates (subject to hydrolysis) is 1. The number of aliphatic hydroxyl groups excluding tert-OH is 1. The molecule has 0 radical (unpaired) electrons. The highest BCUT2D eigenvalue weighted by Crippen LogP contribution is 2.44. The molecule has 160 valence electrons. The van der Waals surface area contributed by atoms with Crippen LogP contribution >= 0.6 is 0 Å². The number of aliphatic hydroxyl groups is 1. The predicted molar refractivity (Wildman–Crippen MR) is 118 cm³/mol. The minimum absolute atomic E-state index is 0.0355. The normalized spacial score (nSPS) is 13.9. The first-order valence-corrected chi connectivity index (χ1v) is 11.8. The number of hydrogen-bond acceptors (Lipinski definition) is 5. The Morgan fingerprint density at radius 1 is 0.968 bits per heavy atom. The van der Waals surface area contributed by atoms with Crippen molar-refractivity contribution in [1.29, 1.82) is 0 Å². The summed E-state index contributed by atoms with van der Waals surface area (Å²) in [5.74, 6) is -0.0355. The van der Waals surface area contributed by atoms with E-state index in [1.54, 1.807) is 0 Å². The van der Waals surface area contributed by atoms with Crippen LogP contribution in [0.3, 0.4) is 0 Å². The van der Waals surface area contributed by atoms with Gasteiger partial charge in [0.15, 0.2) is 9.84 Å². The molecule has 0 aliphatic heterocycles. The van der Waals surface area contributed by atoms with Gasteiger partial charge in [-0.15, -0.1) is 0 Å². The van der Waals surface area contributed by atoms with Crippen LogP contribution in [0.5, 0.6) is 0 Å². The van der Waals surface area contributed by atoms with Gasteiger partial charge in [0.25, 0.3) is 0 Å². The summed E-state index contributed by atoms with van der Waals surface area (Å²) in [6.07, 6.45) is -0.473. The second-order valence-electron chi connectivity index (χ2n) is 7.56. The Hall–Kier alpha value is -3.16. The first-order chi connectivity index (χ1) is 14.8. The zero-order valence-electron chi connectivity index (χ0n) is 17.0. The van der Waals surface area contributed by atoms with E-state index in [4.69, 9.17) is 4.74 Å². The first-order valence-electron chi connectivity index (χ1n) is 9.91. The first kappa shape index (κ1) is 21.1. The zero-order chi connectivity index (χ0) is 22.0. The van der Waals surface area contributed by atoms with Gasteiger partial charge < -0.3 is 15.2 Å². The van der Waals surface area contributed by atoms with Gasteiger partial charge in [-0.1, -0.05) is 60.7 Å². The summed E-state index contributed by atoms with van der Waals surface area (Å²) in [7, 11) is -3.30. The maximum Gasteiger partial charge on any atom is 0.407 e. The minimum Gasteiger partial charge on any atom is -0.449 e. The molecule has 2 N–H and O–H groups in total. The fourth-order valence-electron chi connectivity index (χ4n) is 3.88. The fraction of sp³-hybridized carbons (Fsp3) is 0.208. The van der Waals surface area contributed by atoms with Crippen molar-refractivity contribution in [2.75, 3.05) is 19.4 Å². The van der Waals surface area contributed by atoms with Crippen LogP contribution in [0, 0.1) is 0 Å². The minimum atomic E-state index is -3.30. The molecular formula is C24H23NO5S. The van der Waals surface area contributed by atoms with Crippen molar-refractivity contribution in [1.82, 2.24) is 5.32 Å². The molecule has 31 heavy (non-hydrogen) atoms. The second kappa shape index (κ2) is 8.53. The number of sulfone groups is 1. The number of amides is 1. The van der Waals surface area contributed by atoms with Gasteiger partial charge in [-0.3, -0.25) is 0 Å². The predicted octanol–water partition coefficient (Wildman–Crippen LogP) is 3.66. The number of nitrogens with one attached hydrogen (secondary N) is 1. The van der Waals surface area contributed by atoms with E-state index >= 15 is 0 Å². The molecule has 0 spiro atoms. The zero-order valence-corrected chi connectivity index (χ0v) is 17.8. The van der Waals surface area contributed by atoms with E-state index in [0.717, 1.165) is 28.5 Å². The molecule has 1 unspecified atom stereocenters. The van der Waals surface area contributed by atoms with Gasteiger partial charge in [-0.2, -0.15) is 0 Å². The van der Waals surface area contributed by atoms with Crippen molar-refractivity contribution < 1.29 is 23.1 Å². The average Bonchev–Trinajstić information content (AvgIpc) is 3.09. The fourth-order valence-corrected chi connectivity index (χ4v) is 4.51. The van der Waals surface area contributed by atoms with E-state index in [1.807, 2.05) is 36.4 Å². The molecule has 7 heteroatoms. The maximum absolute atomic E-state index is 12.2. The Morgan fingerprint density at radius 2 is 1.52 bits per heavy atom. The van der Waals surface area contributed by atoms with Gasteiger partial charge in [0, 0.05) is 12.2 Å². The molecule has 3 aromatic carbocycles. The largest absolute Gasteiger partial charge is 0.449 e. The van der Waals surface area contributed by atoms with E-state index in [2.05, 4.69) is 17.4 Å². The number of benzene rings is 3. The van der Waals surface area contributed by atoms with E-state index < -0.39 is 22.0 Å². The molecule has 6 nitrogen and oxygen atoms in total. The third-order valence-electron chi connectivity index (χ3n) is 5.48. The Morgan fingerprint density at radius 3 is 2.06 bits per heavy atom. The van der Waals surface area contributed by atoms with Crippen molar-refractivity contribution in [3.8, 4) is 11.1 Å². The summed E-state index contributed by atoms with van der Waals surface area (Å²) in [6.45, 7) is 0.147. The monoisotopic (exact) mass is 437 g/mol. The summed E-state index contributed by atoms with van der Waals surface area (Å²) in [6, 6.07) is 22.1. The van der Waals surface area contributed by atoms with E-state index in [9.17, 15) is 18.3 Å². The number of carbonyl (C=O) groups is 1. The molecule has 1 amide bonds. The van der Waals surface area contributed by atoms with Crippen LogP contribution < -0.4 is 5.32 Å². The summed E-state index contributed by atoms with van der Waals surface area (Å²) >= 11 is 0. The lowest BCUT2D eigenvalue weighted by Gasteiger charge is -2.16. The Balaban J connectivity index is 1.35. The van der Waals surface area contributed by atoms with Crippen LogP contribution in [0.1, 0.15) is 28.7 Å². The van der Waals surface area contributed by atoms with Gasteiger partial charge in [0.2, 0.25) is 0 Å². The van der Waals surface area contributed by atoms with Crippen molar-refractivity contribution >= 4 is 15.9 Å². The molecule has 0 bridgehead atoms. The van der Waals surface area contributed by atoms with Gasteiger partial charge in [-0.05, 0) is 39.9 Å². The van der Waals surface area contributed by atoms with Gasteiger partial charge in [0.05, 0.1) is 17.5 Å². The number of rotatable bonds is 6. The van der Waals surface area contributed by atoms with Crippen molar-refractivity contribution in [2.45, 2.75) is 16.9 Å². The number of hydrogen-bond donors (Lipinski definition) is 2. The lowest BCUT2D eigenvalue weighted by molar-refractivity contribution is 0.128. The highest BCUT2D eigenvalue weighted by atomic mass is 32.2. The lowest BCUT2D eigenvalue weighted by Crippen LogP contribution is -2.30. The van der Waals surface area contributed by atoms with E-state index in [1.165, 1.54) is 24.3 Å². The van der Waals surface area contributed by atoms with Crippen LogP contribution in [0.4, 0.5) is 4.79 Å². The number of fused-ring (bicyclic) bond motifs is 3. The average molecular weight is 438 g/mol. The highest BCUT2D eigenvalue weighted by Gasteiger charge is 2.29. The van der Waals surface area contributed by atoms with Crippen molar-refractivity contribution in [3.05, 3.63) is 89.5 Å². The quantitative estimate of drug-likeness (QED) is 0.614. The molecule has 0 fully saturated rings. The summed E-state index contributed by atoms with van der Waals surface area (Å²) in [5, 5.41) is 12.9. The molecule has 0 saturated carbocycles. The number of carbonyl (C=O) groups excluding carboxylic acids is 1. The van der Waals surface area contributed by atoms with Crippen LogP contribution in [0.2, 0.25) is 0 Å². The SMILES string of the molecule is CS(=O)(=O)c1ccc(C(O)CNC(=O)OCC2c3ccccc3-c3ccccc32)cc1. The van der Waals surface area contributed by atoms with Gasteiger partial charge >= 0.3 is 6.09 Å². The summed E-state index contributed by atoms with van der Waals surface area (Å²) < 4.78 is 28.5. The third kappa shape index (κ3) is 4.47. The van der Waals surface area contributed by atoms with E-state index in [0.29, 0.717) is 5.56 Å². The Labute approximate surface area is 181 Å². The molecule has 0 heterocycles. The molecule has 0 saturated heterocycles. The van der Waals surface area contributed by atoms with Crippen LogP contribution in [0.15, 0.2) is 77.7 Å².